The summed E-state index contributed by atoms with van der Waals surface area (Å²) in [6.07, 6.45) is 0. The fourth-order valence-electron chi connectivity index (χ4n) is 5.63. The smallest absolute Gasteiger partial charge is 0.176 e. The van der Waals surface area contributed by atoms with Crippen LogP contribution in [0.4, 0.5) is 0 Å². The Morgan fingerprint density at radius 1 is 0.625 bits per heavy atom. The minimum Gasteiger partial charge on any atom is -0.328 e. The number of benzene rings is 2. The first kappa shape index (κ1) is 14.4. The summed E-state index contributed by atoms with van der Waals surface area (Å²) in [7, 11) is 0. The second kappa shape index (κ2) is 5.01. The van der Waals surface area contributed by atoms with Gasteiger partial charge in [0.25, 0.3) is 0 Å². The number of nitrogens with one attached hydrogen (secondary N) is 2. The van der Waals surface area contributed by atoms with Gasteiger partial charge in [0, 0.05) is 0 Å². The van der Waals surface area contributed by atoms with Gasteiger partial charge < -0.3 is 9.80 Å². The Kier molecular flexibility index (Phi) is 3.00. The van der Waals surface area contributed by atoms with Crippen LogP contribution in [0.2, 0.25) is 0 Å². The summed E-state index contributed by atoms with van der Waals surface area (Å²) < 4.78 is 0. The number of carbonyl (C=O) groups excluding carboxylic acids is 1. The van der Waals surface area contributed by atoms with Gasteiger partial charge in [0.15, 0.2) is 16.6 Å². The number of piperidine rings is 2. The zero-order valence-corrected chi connectivity index (χ0v) is 13.9. The number of hydrogen-bond acceptors (Lipinski definition) is 1. The maximum absolute atomic E-state index is 13.9. The highest BCUT2D eigenvalue weighted by atomic mass is 16.1. The molecule has 2 N–H and O–H groups in total. The van der Waals surface area contributed by atoms with Gasteiger partial charge >= 0.3 is 0 Å². The second-order valence-corrected chi connectivity index (χ2v) is 7.93. The Morgan fingerprint density at radius 2 is 1.00 bits per heavy atom. The van der Waals surface area contributed by atoms with E-state index in [0.717, 1.165) is 26.2 Å². The Hall–Kier alpha value is -1.97. The van der Waals surface area contributed by atoms with Crippen LogP contribution in [0.1, 0.15) is 11.1 Å². The molecule has 4 aliphatic rings. The zero-order chi connectivity index (χ0) is 16.2. The Morgan fingerprint density at radius 3 is 1.38 bits per heavy atom. The molecule has 4 saturated heterocycles. The Balaban J connectivity index is 1.73. The molecule has 2 aromatic rings. The fraction of sp³-hybridized carbons (Fsp3) is 0.381. The summed E-state index contributed by atoms with van der Waals surface area (Å²) in [4.78, 5) is 17.2. The molecule has 0 amide bonds. The van der Waals surface area contributed by atoms with Crippen molar-refractivity contribution in [3.63, 3.8) is 0 Å². The maximum Gasteiger partial charge on any atom is 0.176 e. The third-order valence-corrected chi connectivity index (χ3v) is 6.56. The first-order chi connectivity index (χ1) is 11.7. The summed E-state index contributed by atoms with van der Waals surface area (Å²) >= 11 is 0. The molecule has 4 aliphatic heterocycles. The number of ketones is 1. The third-order valence-electron chi connectivity index (χ3n) is 6.56. The van der Waals surface area contributed by atoms with Crippen LogP contribution in [-0.4, -0.2) is 45.1 Å². The third kappa shape index (κ3) is 1.83. The van der Waals surface area contributed by atoms with Crippen molar-refractivity contribution in [1.82, 2.24) is 0 Å². The first-order valence-corrected chi connectivity index (χ1v) is 9.06. The van der Waals surface area contributed by atoms with Gasteiger partial charge in [-0.3, -0.25) is 4.79 Å². The first-order valence-electron chi connectivity index (χ1n) is 9.06. The van der Waals surface area contributed by atoms with Gasteiger partial charge in [0.2, 0.25) is 0 Å². The van der Waals surface area contributed by atoms with Crippen molar-refractivity contribution in [2.75, 3.05) is 39.3 Å². The number of fused-ring (bicyclic) bond motifs is 1. The van der Waals surface area contributed by atoms with Gasteiger partial charge in [0.05, 0.1) is 26.2 Å². The van der Waals surface area contributed by atoms with Crippen molar-refractivity contribution in [3.05, 3.63) is 71.8 Å². The van der Waals surface area contributed by atoms with Crippen LogP contribution in [0.5, 0.6) is 0 Å². The highest BCUT2D eigenvalue weighted by Crippen LogP contribution is 2.38. The topological polar surface area (TPSA) is 26.0 Å². The molecule has 0 unspecified atom stereocenters. The van der Waals surface area contributed by atoms with Gasteiger partial charge in [-0.25, -0.2) is 0 Å². The van der Waals surface area contributed by atoms with Gasteiger partial charge in [0.1, 0.15) is 13.1 Å². The molecule has 0 aromatic heterocycles. The van der Waals surface area contributed by atoms with Gasteiger partial charge in [-0.2, -0.15) is 0 Å². The van der Waals surface area contributed by atoms with E-state index in [2.05, 4.69) is 60.7 Å². The van der Waals surface area contributed by atoms with Crippen LogP contribution in [0.25, 0.3) is 0 Å². The molecule has 2 aromatic carbocycles. The molecule has 0 radical (unpaired) electrons. The zero-order valence-electron chi connectivity index (χ0n) is 13.9. The van der Waals surface area contributed by atoms with E-state index in [4.69, 9.17) is 0 Å². The Labute approximate surface area is 142 Å². The summed E-state index contributed by atoms with van der Waals surface area (Å²) in [6.45, 7) is 6.24. The minimum absolute atomic E-state index is 0.311. The minimum atomic E-state index is -0.311. The molecule has 3 nitrogen and oxygen atoms in total. The van der Waals surface area contributed by atoms with E-state index < -0.39 is 0 Å². The molecule has 3 heteroatoms. The van der Waals surface area contributed by atoms with E-state index in [-0.39, 0.29) is 10.8 Å². The molecule has 6 rings (SSSR count). The van der Waals surface area contributed by atoms with Crippen LogP contribution in [-0.2, 0) is 15.6 Å². The fourth-order valence-corrected chi connectivity index (χ4v) is 5.63. The highest BCUT2D eigenvalue weighted by molar-refractivity contribution is 6.00. The summed E-state index contributed by atoms with van der Waals surface area (Å²) in [5.41, 5.74) is 1.84. The lowest BCUT2D eigenvalue weighted by atomic mass is 9.58. The summed E-state index contributed by atoms with van der Waals surface area (Å²) in [6, 6.07) is 21.1. The van der Waals surface area contributed by atoms with E-state index in [0.29, 0.717) is 5.78 Å². The molecular formula is C21H24N2O+2. The van der Waals surface area contributed by atoms with Crippen molar-refractivity contribution in [2.24, 2.45) is 0 Å². The molecular weight excluding hydrogens is 296 g/mol. The number of hydrogen-bond donors (Lipinski definition) is 2. The molecule has 0 spiro atoms. The molecule has 122 valence electrons. The van der Waals surface area contributed by atoms with Crippen molar-refractivity contribution < 1.29 is 14.6 Å². The van der Waals surface area contributed by atoms with Crippen LogP contribution < -0.4 is 9.80 Å². The monoisotopic (exact) mass is 320 g/mol. The van der Waals surface area contributed by atoms with Crippen molar-refractivity contribution in [2.45, 2.75) is 10.8 Å². The normalized spacial score (nSPS) is 37.4. The predicted molar refractivity (Wildman–Crippen MR) is 92.4 cm³/mol. The standard InChI is InChI=1S/C21H22N2O/c24-19-20(17-7-3-1-4-8-17)13-22-11-12-23(14-20)16-21(19,15-22)18-9-5-2-6-10-18/h1-10H,11-16H2/p+2. The molecule has 4 heterocycles. The van der Waals surface area contributed by atoms with Gasteiger partial charge in [-0.05, 0) is 11.1 Å². The second-order valence-electron chi connectivity index (χ2n) is 7.93. The number of carbonyl (C=O) groups is 1. The number of Topliss-reactive ketones (excluding diaryl/α,β-unsaturated/α-hetero) is 1. The number of quaternary nitrogens is 2. The lowest BCUT2D eigenvalue weighted by Gasteiger charge is -2.50. The molecule has 0 saturated carbocycles. The quantitative estimate of drug-likeness (QED) is 0.748. The van der Waals surface area contributed by atoms with Gasteiger partial charge in [-0.1, -0.05) is 60.7 Å². The lowest BCUT2D eigenvalue weighted by molar-refractivity contribution is -0.918. The van der Waals surface area contributed by atoms with E-state index in [1.165, 1.54) is 24.2 Å². The molecule has 0 aliphatic carbocycles. The summed E-state index contributed by atoms with van der Waals surface area (Å²) in [5.74, 6) is 0.474. The predicted octanol–water partition coefficient (Wildman–Crippen LogP) is -0.758. The summed E-state index contributed by atoms with van der Waals surface area (Å²) in [5, 5.41) is 0. The number of rotatable bonds is 2. The molecule has 0 atom stereocenters. The average Bonchev–Trinajstić information content (AvgIpc) is 2.88. The van der Waals surface area contributed by atoms with E-state index in [9.17, 15) is 4.79 Å². The SMILES string of the molecule is O=C1C2(c3ccccc3)C[NH+]3CC[NH+](C2)CC1(c1ccccc1)C3. The molecule has 24 heavy (non-hydrogen) atoms. The maximum atomic E-state index is 13.9. The van der Waals surface area contributed by atoms with E-state index in [1.54, 1.807) is 9.80 Å². The van der Waals surface area contributed by atoms with Gasteiger partial charge in [-0.15, -0.1) is 0 Å². The highest BCUT2D eigenvalue weighted by Gasteiger charge is 2.67. The largest absolute Gasteiger partial charge is 0.328 e. The average molecular weight is 320 g/mol. The van der Waals surface area contributed by atoms with Crippen LogP contribution >= 0.6 is 0 Å². The van der Waals surface area contributed by atoms with E-state index in [1.807, 2.05) is 0 Å². The van der Waals surface area contributed by atoms with Crippen LogP contribution in [0, 0.1) is 0 Å². The van der Waals surface area contributed by atoms with Crippen molar-refractivity contribution in [3.8, 4) is 0 Å². The Bertz CT molecular complexity index is 693. The molecule has 4 bridgehead atoms. The molecule has 4 fully saturated rings. The lowest BCUT2D eigenvalue weighted by Crippen LogP contribution is -3.20. The van der Waals surface area contributed by atoms with Crippen LogP contribution in [0.15, 0.2) is 60.7 Å². The van der Waals surface area contributed by atoms with Crippen molar-refractivity contribution in [1.29, 1.82) is 0 Å². The van der Waals surface area contributed by atoms with Crippen molar-refractivity contribution >= 4 is 5.78 Å². The van der Waals surface area contributed by atoms with E-state index >= 15 is 0 Å². The van der Waals surface area contributed by atoms with Crippen LogP contribution in [0.3, 0.4) is 0 Å².